The van der Waals surface area contributed by atoms with E-state index < -0.39 is 95.9 Å². The Kier molecular flexibility index (Phi) is 12.2. The second kappa shape index (κ2) is 17.5. The van der Waals surface area contributed by atoms with Crippen molar-refractivity contribution in [3.63, 3.8) is 0 Å². The molecule has 6 amide bonds. The second-order valence-electron chi connectivity index (χ2n) is 16.0. The topological polar surface area (TPSA) is 203 Å². The summed E-state index contributed by atoms with van der Waals surface area (Å²) in [4.78, 5) is 109. The molecule has 5 heterocycles. The zero-order valence-electron chi connectivity index (χ0n) is 32.9. The van der Waals surface area contributed by atoms with Crippen molar-refractivity contribution in [1.82, 2.24) is 40.6 Å². The lowest BCUT2D eigenvalue weighted by atomic mass is 9.99. The normalized spacial score (nSPS) is 26.2. The third-order valence-electron chi connectivity index (χ3n) is 11.6. The third-order valence-corrected chi connectivity index (χ3v) is 11.6. The standard InChI is InChI=1S/C41H48F2N8O8/c1-22-12-34-41(58)59-20-31(39(56)50-11-5-7-33(50)40(57)49-10-4-3-6-32(49)37(54)46-23(2)38(55)51(34)19-22)48-36(53)30(16-25-13-26(42)18-27(43)14-25)47-35(52)17-24-8-9-28-29(15-24)45-21-44-28/h8-9,13-15,18,21-23,30-34H,3-7,10-12,16-17,19-20H2,1-2H3,(H,44,45)(H,46,54)(H,47,52)(H,48,53)/t22-,23-,30-,31-,32-,33-,34-/m0/s1. The number of aromatic amines is 1. The Balaban J connectivity index is 1.18. The first-order valence-electron chi connectivity index (χ1n) is 20.1. The van der Waals surface area contributed by atoms with Gasteiger partial charge in [-0.05, 0) is 86.8 Å². The number of carbonyl (C=O) groups excluding carboxylic acids is 7. The molecule has 7 atom stereocenters. The molecule has 0 saturated carbocycles. The van der Waals surface area contributed by atoms with E-state index in [2.05, 4.69) is 25.9 Å². The molecule has 16 nitrogen and oxygen atoms in total. The summed E-state index contributed by atoms with van der Waals surface area (Å²) < 4.78 is 34.4. The van der Waals surface area contributed by atoms with Gasteiger partial charge in [0.15, 0.2) is 0 Å². The van der Waals surface area contributed by atoms with Gasteiger partial charge in [0.25, 0.3) is 0 Å². The first-order valence-corrected chi connectivity index (χ1v) is 20.1. The highest BCUT2D eigenvalue weighted by Crippen LogP contribution is 2.28. The lowest BCUT2D eigenvalue weighted by molar-refractivity contribution is -0.158. The summed E-state index contributed by atoms with van der Waals surface area (Å²) in [5.74, 6) is -6.50. The Labute approximate surface area is 338 Å². The zero-order valence-corrected chi connectivity index (χ0v) is 32.9. The molecule has 4 aliphatic heterocycles. The number of halogens is 2. The van der Waals surface area contributed by atoms with Crippen LogP contribution in [-0.2, 0) is 51.1 Å². The third kappa shape index (κ3) is 9.20. The van der Waals surface area contributed by atoms with Gasteiger partial charge in [-0.1, -0.05) is 13.0 Å². The van der Waals surface area contributed by atoms with Crippen LogP contribution in [0.4, 0.5) is 8.78 Å². The number of piperidine rings is 1. The van der Waals surface area contributed by atoms with Gasteiger partial charge >= 0.3 is 5.97 Å². The number of hydrogen-bond acceptors (Lipinski definition) is 9. The van der Waals surface area contributed by atoms with Crippen molar-refractivity contribution in [1.29, 1.82) is 0 Å². The van der Waals surface area contributed by atoms with Gasteiger partial charge < -0.3 is 40.4 Å². The van der Waals surface area contributed by atoms with Crippen LogP contribution in [0.15, 0.2) is 42.7 Å². The number of H-pyrrole nitrogens is 1. The maximum Gasteiger partial charge on any atom is 0.328 e. The summed E-state index contributed by atoms with van der Waals surface area (Å²) in [6, 6.07) is 0.841. The highest BCUT2D eigenvalue weighted by Gasteiger charge is 2.46. The summed E-state index contributed by atoms with van der Waals surface area (Å²) in [6.07, 6.45) is 3.55. The van der Waals surface area contributed by atoms with Crippen molar-refractivity contribution in [3.05, 3.63) is 65.5 Å². The van der Waals surface area contributed by atoms with Gasteiger partial charge in [0.05, 0.1) is 23.8 Å². The van der Waals surface area contributed by atoms with Gasteiger partial charge in [-0.15, -0.1) is 0 Å². The van der Waals surface area contributed by atoms with Gasteiger partial charge in [0.2, 0.25) is 35.4 Å². The van der Waals surface area contributed by atoms with Crippen molar-refractivity contribution in [2.75, 3.05) is 26.2 Å². The van der Waals surface area contributed by atoms with Crippen LogP contribution in [-0.4, -0.2) is 129 Å². The Bertz CT molecular complexity index is 2130. The van der Waals surface area contributed by atoms with Crippen molar-refractivity contribution in [3.8, 4) is 0 Å². The molecule has 0 spiro atoms. The number of imidazole rings is 1. The van der Waals surface area contributed by atoms with E-state index in [4.69, 9.17) is 4.74 Å². The number of nitrogens with one attached hydrogen (secondary N) is 4. The molecule has 3 aromatic rings. The van der Waals surface area contributed by atoms with Crippen molar-refractivity contribution >= 4 is 52.4 Å². The number of carbonyl (C=O) groups is 7. The predicted molar refractivity (Wildman–Crippen MR) is 206 cm³/mol. The van der Waals surface area contributed by atoms with Crippen LogP contribution in [0, 0.1) is 17.6 Å². The van der Waals surface area contributed by atoms with Gasteiger partial charge in [0, 0.05) is 32.1 Å². The Morgan fingerprint density at radius 1 is 0.864 bits per heavy atom. The van der Waals surface area contributed by atoms with Crippen LogP contribution in [0.2, 0.25) is 0 Å². The van der Waals surface area contributed by atoms with Crippen LogP contribution in [0.1, 0.15) is 63.5 Å². The zero-order chi connectivity index (χ0) is 42.0. The van der Waals surface area contributed by atoms with Gasteiger partial charge in [-0.25, -0.2) is 18.6 Å². The lowest BCUT2D eigenvalue weighted by Gasteiger charge is -2.39. The highest BCUT2D eigenvalue weighted by atomic mass is 19.1. The van der Waals surface area contributed by atoms with Gasteiger partial charge in [-0.2, -0.15) is 0 Å². The number of nitrogens with zero attached hydrogens (tertiary/aromatic N) is 4. The van der Waals surface area contributed by atoms with Gasteiger partial charge in [0.1, 0.15) is 54.5 Å². The number of amides is 6. The van der Waals surface area contributed by atoms with E-state index in [-0.39, 0.29) is 56.8 Å². The molecule has 2 aromatic carbocycles. The lowest BCUT2D eigenvalue weighted by Crippen LogP contribution is -2.62. The number of ether oxygens (including phenoxy) is 1. The minimum atomic E-state index is -1.58. The molecule has 0 aliphatic carbocycles. The molecule has 59 heavy (non-hydrogen) atoms. The van der Waals surface area contributed by atoms with Crippen LogP contribution < -0.4 is 16.0 Å². The number of aromatic nitrogens is 2. The Morgan fingerprint density at radius 3 is 2.37 bits per heavy atom. The monoisotopic (exact) mass is 818 g/mol. The quantitative estimate of drug-likeness (QED) is 0.253. The average Bonchev–Trinajstić information content (AvgIpc) is 3.97. The molecular weight excluding hydrogens is 770 g/mol. The molecule has 18 heteroatoms. The largest absolute Gasteiger partial charge is 0.461 e. The summed E-state index contributed by atoms with van der Waals surface area (Å²) in [5.41, 5.74) is 1.98. The molecule has 4 N–H and O–H groups in total. The predicted octanol–water partition coefficient (Wildman–Crippen LogP) is 1.27. The average molecular weight is 819 g/mol. The molecule has 7 rings (SSSR count). The van der Waals surface area contributed by atoms with Crippen molar-refractivity contribution in [2.24, 2.45) is 5.92 Å². The molecule has 314 valence electrons. The van der Waals surface area contributed by atoms with E-state index in [1.54, 1.807) is 18.2 Å². The SMILES string of the molecule is C[C@H]1C[C@H]2C(=O)OC[C@H](NC(=O)[C@H](Cc3cc(F)cc(F)c3)NC(=O)Cc3ccc4nc[nH]c4c3)C(=O)N3CCC[C@H]3C(=O)N3CCCC[C@H]3C(=O)N[C@@H](C)C(=O)N2C1. The summed E-state index contributed by atoms with van der Waals surface area (Å²) in [7, 11) is 0. The van der Waals surface area contributed by atoms with Crippen LogP contribution >= 0.6 is 0 Å². The summed E-state index contributed by atoms with van der Waals surface area (Å²) in [5, 5.41) is 8.01. The number of hydrogen-bond donors (Lipinski definition) is 4. The highest BCUT2D eigenvalue weighted by molar-refractivity contribution is 5.98. The van der Waals surface area contributed by atoms with Crippen molar-refractivity contribution in [2.45, 2.75) is 101 Å². The summed E-state index contributed by atoms with van der Waals surface area (Å²) >= 11 is 0. The van der Waals surface area contributed by atoms with Crippen LogP contribution in [0.5, 0.6) is 0 Å². The minimum absolute atomic E-state index is 0.0391. The molecular formula is C41H48F2N8O8. The first-order chi connectivity index (χ1) is 28.2. The number of fused-ring (bicyclic) bond motifs is 4. The van der Waals surface area contributed by atoms with Crippen LogP contribution in [0.3, 0.4) is 0 Å². The van der Waals surface area contributed by atoms with Crippen molar-refractivity contribution < 1.29 is 47.1 Å². The fraction of sp³-hybridized carbons (Fsp3) is 0.512. The fourth-order valence-corrected chi connectivity index (χ4v) is 8.69. The number of cyclic esters (lactones) is 1. The number of benzene rings is 2. The smallest absolute Gasteiger partial charge is 0.328 e. The van der Waals surface area contributed by atoms with E-state index in [1.165, 1.54) is 28.0 Å². The fourth-order valence-electron chi connectivity index (χ4n) is 8.69. The van der Waals surface area contributed by atoms with E-state index >= 15 is 0 Å². The summed E-state index contributed by atoms with van der Waals surface area (Å²) in [6.45, 7) is 3.30. The van der Waals surface area contributed by atoms with E-state index in [9.17, 15) is 42.3 Å². The molecule has 4 aliphatic rings. The Hall–Kier alpha value is -5.94. The van der Waals surface area contributed by atoms with Gasteiger partial charge in [-0.3, -0.25) is 28.8 Å². The number of esters is 1. The maximum absolute atomic E-state index is 14.5. The molecule has 4 saturated heterocycles. The van der Waals surface area contributed by atoms with Crippen LogP contribution in [0.25, 0.3) is 11.0 Å². The van der Waals surface area contributed by atoms with E-state index in [0.29, 0.717) is 48.3 Å². The number of rotatable bonds is 7. The molecule has 0 bridgehead atoms. The van der Waals surface area contributed by atoms with E-state index in [0.717, 1.165) is 12.1 Å². The maximum atomic E-state index is 14.5. The molecule has 0 unspecified atom stereocenters. The first kappa shape index (κ1) is 41.2. The minimum Gasteiger partial charge on any atom is -0.461 e. The molecule has 0 radical (unpaired) electrons. The molecule has 4 fully saturated rings. The Morgan fingerprint density at radius 2 is 1.59 bits per heavy atom. The van der Waals surface area contributed by atoms with E-state index in [1.807, 2.05) is 6.92 Å². The second-order valence-corrected chi connectivity index (χ2v) is 16.0. The molecule has 1 aromatic heterocycles.